The summed E-state index contributed by atoms with van der Waals surface area (Å²) in [6.07, 6.45) is 0. The Morgan fingerprint density at radius 1 is 1.23 bits per heavy atom. The zero-order valence-electron chi connectivity index (χ0n) is 17.4. The smallest absolute Gasteiger partial charge is 0.338 e. The molecule has 0 unspecified atom stereocenters. The highest BCUT2D eigenvalue weighted by Gasteiger charge is 2.33. The summed E-state index contributed by atoms with van der Waals surface area (Å²) in [4.78, 5) is 34.0. The van der Waals surface area contributed by atoms with Crippen molar-refractivity contribution in [2.45, 2.75) is 32.0 Å². The Morgan fingerprint density at radius 3 is 2.74 bits per heavy atom. The molecule has 0 fully saturated rings. The van der Waals surface area contributed by atoms with E-state index in [0.29, 0.717) is 28.0 Å². The van der Waals surface area contributed by atoms with Gasteiger partial charge in [-0.3, -0.25) is 0 Å². The highest BCUT2D eigenvalue weighted by molar-refractivity contribution is 7.99. The molecule has 2 aromatic heterocycles. The van der Waals surface area contributed by atoms with E-state index in [2.05, 4.69) is 25.7 Å². The second-order valence-corrected chi connectivity index (χ2v) is 7.93. The van der Waals surface area contributed by atoms with E-state index in [1.807, 2.05) is 50.2 Å². The topological polar surface area (TPSA) is 111 Å². The largest absolute Gasteiger partial charge is 0.463 e. The molecule has 1 aliphatic rings. The van der Waals surface area contributed by atoms with E-state index in [4.69, 9.17) is 4.74 Å². The van der Waals surface area contributed by atoms with Crippen LogP contribution in [0.3, 0.4) is 0 Å². The number of nitrogens with zero attached hydrogens (tertiary/aromatic N) is 4. The van der Waals surface area contributed by atoms with Crippen LogP contribution in [0, 0.1) is 13.8 Å². The van der Waals surface area contributed by atoms with Crippen molar-refractivity contribution in [2.75, 3.05) is 12.4 Å². The number of aromatic nitrogens is 4. The van der Waals surface area contributed by atoms with E-state index < -0.39 is 12.0 Å². The van der Waals surface area contributed by atoms with Gasteiger partial charge in [0.2, 0.25) is 5.16 Å². The lowest BCUT2D eigenvalue weighted by Gasteiger charge is -2.29. The monoisotopic (exact) mass is 438 g/mol. The second-order valence-electron chi connectivity index (χ2n) is 6.99. The Morgan fingerprint density at radius 2 is 2.00 bits per heavy atom. The number of aryl methyl sites for hydroxylation is 2. The summed E-state index contributed by atoms with van der Waals surface area (Å²) in [5.41, 5.74) is 3.42. The van der Waals surface area contributed by atoms with Crippen LogP contribution in [0.2, 0.25) is 0 Å². The van der Waals surface area contributed by atoms with Gasteiger partial charge in [0.05, 0.1) is 18.2 Å². The second kappa shape index (κ2) is 8.76. The average Bonchev–Trinajstić information content (AvgIpc) is 3.16. The summed E-state index contributed by atoms with van der Waals surface area (Å²) in [6, 6.07) is 10.3. The van der Waals surface area contributed by atoms with E-state index in [9.17, 15) is 9.59 Å². The van der Waals surface area contributed by atoms with Gasteiger partial charge < -0.3 is 15.4 Å². The lowest BCUT2D eigenvalue weighted by molar-refractivity contribution is -0.139. The van der Waals surface area contributed by atoms with Crippen molar-refractivity contribution in [2.24, 2.45) is 0 Å². The number of hydrogen-bond acceptors (Lipinski definition) is 7. The standard InChI is InChI=1S/C21H22N6O3S/c1-4-30-18(28)16-15(23-20(29)24-17(16)14-8-6-5-7-9-14)11-31-21-25-19-22-12(2)10-13(3)27(19)26-21/h5-10,17H,4,11H2,1-3H3,(H2,23,24,29)/t17-/m1/s1. The molecule has 10 heteroatoms. The summed E-state index contributed by atoms with van der Waals surface area (Å²) in [6.45, 7) is 5.82. The minimum atomic E-state index is -0.606. The predicted octanol–water partition coefficient (Wildman–Crippen LogP) is 2.70. The number of benzene rings is 1. The van der Waals surface area contributed by atoms with Crippen LogP contribution in [0.15, 0.2) is 52.8 Å². The van der Waals surface area contributed by atoms with Crippen molar-refractivity contribution in [1.29, 1.82) is 0 Å². The predicted molar refractivity (Wildman–Crippen MR) is 115 cm³/mol. The first-order chi connectivity index (χ1) is 15.0. The lowest BCUT2D eigenvalue weighted by atomic mass is 9.95. The highest BCUT2D eigenvalue weighted by Crippen LogP contribution is 2.30. The zero-order valence-corrected chi connectivity index (χ0v) is 18.2. The van der Waals surface area contributed by atoms with Gasteiger partial charge in [-0.15, -0.1) is 5.10 Å². The molecule has 0 saturated heterocycles. The maximum Gasteiger partial charge on any atom is 0.338 e. The maximum absolute atomic E-state index is 12.8. The minimum absolute atomic E-state index is 0.233. The molecule has 3 aromatic rings. The van der Waals surface area contributed by atoms with Crippen LogP contribution in [0.5, 0.6) is 0 Å². The molecule has 1 atom stereocenters. The molecule has 0 aliphatic carbocycles. The number of amides is 2. The van der Waals surface area contributed by atoms with E-state index in [1.165, 1.54) is 11.8 Å². The fraction of sp³-hybridized carbons (Fsp3) is 0.286. The molecule has 3 heterocycles. The fourth-order valence-electron chi connectivity index (χ4n) is 3.42. The molecule has 31 heavy (non-hydrogen) atoms. The minimum Gasteiger partial charge on any atom is -0.463 e. The van der Waals surface area contributed by atoms with Crippen LogP contribution >= 0.6 is 11.8 Å². The van der Waals surface area contributed by atoms with Crippen LogP contribution < -0.4 is 10.6 Å². The SMILES string of the molecule is CCOC(=O)C1=C(CSc2nc3nc(C)cc(C)n3n2)NC(=O)N[C@@H]1c1ccccc1. The molecule has 4 rings (SSSR count). The van der Waals surface area contributed by atoms with E-state index in [1.54, 1.807) is 11.4 Å². The number of urea groups is 1. The molecule has 9 nitrogen and oxygen atoms in total. The van der Waals surface area contributed by atoms with Gasteiger partial charge in [-0.05, 0) is 32.4 Å². The number of thioether (sulfide) groups is 1. The molecule has 1 aliphatic heterocycles. The van der Waals surface area contributed by atoms with Crippen molar-refractivity contribution in [3.05, 3.63) is 64.6 Å². The van der Waals surface area contributed by atoms with Gasteiger partial charge in [0, 0.05) is 22.8 Å². The number of carbonyl (C=O) groups is 2. The van der Waals surface area contributed by atoms with Gasteiger partial charge in [0.15, 0.2) is 0 Å². The number of hydrogen-bond donors (Lipinski definition) is 2. The van der Waals surface area contributed by atoms with Crippen LogP contribution in [-0.4, -0.2) is 43.9 Å². The fourth-order valence-corrected chi connectivity index (χ4v) is 4.21. The summed E-state index contributed by atoms with van der Waals surface area (Å²) in [5.74, 6) is 0.325. The summed E-state index contributed by atoms with van der Waals surface area (Å²) >= 11 is 1.31. The van der Waals surface area contributed by atoms with Gasteiger partial charge in [-0.2, -0.15) is 4.98 Å². The van der Waals surface area contributed by atoms with Crippen molar-refractivity contribution >= 4 is 29.5 Å². The first kappa shape index (κ1) is 20.9. The summed E-state index contributed by atoms with van der Waals surface area (Å²) < 4.78 is 6.96. The molecule has 0 spiro atoms. The van der Waals surface area contributed by atoms with Gasteiger partial charge in [-0.25, -0.2) is 19.1 Å². The van der Waals surface area contributed by atoms with Crippen LogP contribution in [0.25, 0.3) is 5.78 Å². The lowest BCUT2D eigenvalue weighted by Crippen LogP contribution is -2.46. The molecular weight excluding hydrogens is 416 g/mol. The third kappa shape index (κ3) is 4.38. The van der Waals surface area contributed by atoms with Gasteiger partial charge >= 0.3 is 12.0 Å². The number of esters is 1. The van der Waals surface area contributed by atoms with Crippen LogP contribution in [0.4, 0.5) is 4.79 Å². The first-order valence-electron chi connectivity index (χ1n) is 9.82. The molecule has 0 saturated carbocycles. The molecular formula is C21H22N6O3S. The van der Waals surface area contributed by atoms with Crippen LogP contribution in [-0.2, 0) is 9.53 Å². The Balaban J connectivity index is 1.68. The quantitative estimate of drug-likeness (QED) is 0.450. The first-order valence-corrected chi connectivity index (χ1v) is 10.8. The zero-order chi connectivity index (χ0) is 22.0. The molecule has 1 aromatic carbocycles. The average molecular weight is 439 g/mol. The van der Waals surface area contributed by atoms with Crippen LogP contribution in [0.1, 0.15) is 29.9 Å². The van der Waals surface area contributed by atoms with E-state index >= 15 is 0 Å². The number of ether oxygens (including phenoxy) is 1. The van der Waals surface area contributed by atoms with E-state index in [0.717, 1.165) is 17.0 Å². The normalized spacial score (nSPS) is 16.2. The summed E-state index contributed by atoms with van der Waals surface area (Å²) in [7, 11) is 0. The third-order valence-electron chi connectivity index (χ3n) is 4.73. The number of fused-ring (bicyclic) bond motifs is 1. The molecule has 2 N–H and O–H groups in total. The van der Waals surface area contributed by atoms with Crippen molar-refractivity contribution < 1.29 is 14.3 Å². The Bertz CT molecular complexity index is 1170. The van der Waals surface area contributed by atoms with E-state index in [-0.39, 0.29) is 12.6 Å². The maximum atomic E-state index is 12.8. The Labute approximate surface area is 183 Å². The Hall–Kier alpha value is -3.40. The summed E-state index contributed by atoms with van der Waals surface area (Å²) in [5, 5.41) is 10.6. The number of rotatable bonds is 6. The Kier molecular flexibility index (Phi) is 5.90. The van der Waals surface area contributed by atoms with Gasteiger partial charge in [-0.1, -0.05) is 42.1 Å². The van der Waals surface area contributed by atoms with Gasteiger partial charge in [0.1, 0.15) is 0 Å². The highest BCUT2D eigenvalue weighted by atomic mass is 32.2. The third-order valence-corrected chi connectivity index (χ3v) is 5.59. The molecule has 0 bridgehead atoms. The number of nitrogens with one attached hydrogen (secondary N) is 2. The number of carbonyl (C=O) groups excluding carboxylic acids is 2. The van der Waals surface area contributed by atoms with Crippen molar-refractivity contribution in [3.63, 3.8) is 0 Å². The molecule has 2 amide bonds. The molecule has 160 valence electrons. The van der Waals surface area contributed by atoms with Gasteiger partial charge in [0.25, 0.3) is 5.78 Å². The van der Waals surface area contributed by atoms with Crippen molar-refractivity contribution in [3.8, 4) is 0 Å². The van der Waals surface area contributed by atoms with Crippen molar-refractivity contribution in [1.82, 2.24) is 30.2 Å². The molecule has 0 radical (unpaired) electrons.